The Hall–Kier alpha value is -5.35. The van der Waals surface area contributed by atoms with Crippen molar-refractivity contribution in [2.24, 2.45) is 0 Å². The van der Waals surface area contributed by atoms with Crippen molar-refractivity contribution in [1.29, 1.82) is 0 Å². The van der Waals surface area contributed by atoms with E-state index in [2.05, 4.69) is 221 Å². The van der Waals surface area contributed by atoms with Crippen LogP contribution in [0, 0.1) is 34.4 Å². The van der Waals surface area contributed by atoms with E-state index in [4.69, 9.17) is 0 Å². The number of rotatable bonds is 3. The molecule has 0 aromatic heterocycles. The fourth-order valence-electron chi connectivity index (χ4n) is 6.84. The van der Waals surface area contributed by atoms with Crippen LogP contribution in [0.4, 0.5) is 0 Å². The van der Waals surface area contributed by atoms with Crippen LogP contribution in [-0.4, -0.2) is 24.2 Å². The Labute approximate surface area is 326 Å². The van der Waals surface area contributed by atoms with Crippen LogP contribution in [0.3, 0.4) is 0 Å². The molecule has 6 aliphatic rings. The molecule has 0 amide bonds. The van der Waals surface area contributed by atoms with E-state index < -0.39 is 24.2 Å². The van der Waals surface area contributed by atoms with Crippen LogP contribution in [-0.2, 0) is 0 Å². The molecule has 0 bridgehead atoms. The Morgan fingerprint density at radius 3 is 0.759 bits per heavy atom. The molecule has 0 aliphatic heterocycles. The van der Waals surface area contributed by atoms with E-state index in [0.29, 0.717) is 0 Å². The average molecular weight is 745 g/mol. The molecule has 264 valence electrons. The van der Waals surface area contributed by atoms with E-state index in [1.165, 1.54) is 66.8 Å². The first-order valence-electron chi connectivity index (χ1n) is 18.9. The van der Waals surface area contributed by atoms with Crippen LogP contribution in [0.25, 0.3) is 66.8 Å². The van der Waals surface area contributed by atoms with Crippen LogP contribution in [0.15, 0.2) is 127 Å². The molecule has 1 aromatic rings. The minimum Gasteiger partial charge on any atom is -0.127 e. The highest BCUT2D eigenvalue weighted by atomic mass is 28.3. The minimum absolute atomic E-state index is 1.09. The molecule has 0 spiro atoms. The van der Waals surface area contributed by atoms with Crippen molar-refractivity contribution in [1.82, 2.24) is 0 Å². The predicted molar refractivity (Wildman–Crippen MR) is 243 cm³/mol. The molecular weight excluding hydrogens is 697 g/mol. The highest BCUT2D eigenvalue weighted by Crippen LogP contribution is 2.46. The third-order valence-corrected chi connectivity index (χ3v) is 11.9. The zero-order chi connectivity index (χ0) is 38.3. The summed E-state index contributed by atoms with van der Waals surface area (Å²) in [6, 6.07) is 46.7. The lowest BCUT2D eigenvalue weighted by Gasteiger charge is -2.12. The molecule has 0 fully saturated rings. The van der Waals surface area contributed by atoms with Gasteiger partial charge in [-0.25, -0.2) is 0 Å². The second-order valence-corrected chi connectivity index (χ2v) is 31.7. The summed E-state index contributed by atoms with van der Waals surface area (Å²) in [6.07, 6.45) is 0. The predicted octanol–water partition coefficient (Wildman–Crippen LogP) is 13.7. The lowest BCUT2D eigenvalue weighted by molar-refractivity contribution is 1.62. The summed E-state index contributed by atoms with van der Waals surface area (Å²) in [6.45, 7) is 20.8. The fraction of sp³-hybridized carbons (Fsp3) is 0.176. The van der Waals surface area contributed by atoms with Crippen LogP contribution in [0.5, 0.6) is 0 Å². The SMILES string of the molecule is C[Si](C)(C)C#Cc1cc(-c2cc(-c3cc(C#C[Si](C)(C)C)c4cccccc3-4)cc(-c3cc(C#C[Si](C)(C)C)c4cccccc3-4)c2)c2cccccc1-2. The van der Waals surface area contributed by atoms with Crippen molar-refractivity contribution in [3.63, 3.8) is 0 Å². The first-order valence-corrected chi connectivity index (χ1v) is 29.4. The molecule has 7 rings (SSSR count). The largest absolute Gasteiger partial charge is 0.129 e. The van der Waals surface area contributed by atoms with Gasteiger partial charge in [0.25, 0.3) is 0 Å². The molecule has 1 aromatic carbocycles. The van der Waals surface area contributed by atoms with E-state index in [0.717, 1.165) is 16.7 Å². The van der Waals surface area contributed by atoms with Gasteiger partial charge in [-0.2, -0.15) is 0 Å². The Morgan fingerprint density at radius 1 is 0.278 bits per heavy atom. The Balaban J connectivity index is 1.54. The summed E-state index contributed by atoms with van der Waals surface area (Å²) in [5.74, 6) is 10.9. The summed E-state index contributed by atoms with van der Waals surface area (Å²) in [7, 11) is -4.80. The summed E-state index contributed by atoms with van der Waals surface area (Å²) < 4.78 is 0. The third-order valence-electron chi connectivity index (χ3n) is 9.30. The van der Waals surface area contributed by atoms with Crippen molar-refractivity contribution in [3.05, 3.63) is 144 Å². The molecule has 0 atom stereocenters. The maximum absolute atomic E-state index is 3.65. The third kappa shape index (κ3) is 8.24. The normalized spacial score (nSPS) is 11.7. The van der Waals surface area contributed by atoms with Gasteiger partial charge in [0.2, 0.25) is 0 Å². The summed E-state index contributed by atoms with van der Waals surface area (Å²) in [5.41, 5.74) is 28.5. The van der Waals surface area contributed by atoms with E-state index in [-0.39, 0.29) is 0 Å². The lowest BCUT2D eigenvalue weighted by atomic mass is 9.91. The van der Waals surface area contributed by atoms with Crippen LogP contribution >= 0.6 is 0 Å². The minimum atomic E-state index is -1.60. The van der Waals surface area contributed by atoms with Crippen LogP contribution in [0.2, 0.25) is 58.9 Å². The number of hydrogen-bond donors (Lipinski definition) is 0. The summed E-state index contributed by atoms with van der Waals surface area (Å²) in [4.78, 5) is 0. The molecular formula is C51H48Si3. The number of benzene rings is 1. The fourth-order valence-corrected chi connectivity index (χ4v) is 8.36. The Bertz CT molecular complexity index is 2320. The maximum atomic E-state index is 3.65. The van der Waals surface area contributed by atoms with Gasteiger partial charge < -0.3 is 0 Å². The van der Waals surface area contributed by atoms with E-state index in [1.807, 2.05) is 0 Å². The van der Waals surface area contributed by atoms with Gasteiger partial charge in [-0.1, -0.05) is 168 Å². The van der Waals surface area contributed by atoms with Crippen LogP contribution in [0.1, 0.15) is 16.7 Å². The highest BCUT2D eigenvalue weighted by molar-refractivity contribution is 6.84. The van der Waals surface area contributed by atoms with E-state index >= 15 is 0 Å². The quantitative estimate of drug-likeness (QED) is 0.125. The van der Waals surface area contributed by atoms with Crippen LogP contribution < -0.4 is 0 Å². The van der Waals surface area contributed by atoms with Crippen molar-refractivity contribution < 1.29 is 0 Å². The molecule has 0 nitrogen and oxygen atoms in total. The molecule has 0 N–H and O–H groups in total. The molecule has 54 heavy (non-hydrogen) atoms. The van der Waals surface area contributed by atoms with E-state index in [9.17, 15) is 0 Å². The zero-order valence-electron chi connectivity index (χ0n) is 33.1. The van der Waals surface area contributed by atoms with Crippen molar-refractivity contribution in [2.75, 3.05) is 0 Å². The molecule has 0 unspecified atom stereocenters. The van der Waals surface area contributed by atoms with Gasteiger partial charge in [0.15, 0.2) is 0 Å². The summed E-state index contributed by atoms with van der Waals surface area (Å²) in [5, 5.41) is 0. The average Bonchev–Trinajstić information content (AvgIpc) is 3.45. The Morgan fingerprint density at radius 2 is 0.519 bits per heavy atom. The van der Waals surface area contributed by atoms with Gasteiger partial charge in [-0.15, -0.1) is 16.6 Å². The van der Waals surface area contributed by atoms with Gasteiger partial charge in [-0.3, -0.25) is 0 Å². The zero-order valence-corrected chi connectivity index (χ0v) is 36.1. The second kappa shape index (κ2) is 14.5. The van der Waals surface area contributed by atoms with Gasteiger partial charge >= 0.3 is 0 Å². The van der Waals surface area contributed by atoms with Gasteiger partial charge in [0.05, 0.1) is 0 Å². The molecule has 3 heteroatoms. The second-order valence-electron chi connectivity index (χ2n) is 17.4. The first-order chi connectivity index (χ1) is 25.6. The van der Waals surface area contributed by atoms with Crippen molar-refractivity contribution in [3.8, 4) is 101 Å². The molecule has 6 aliphatic carbocycles. The standard InChI is InChI=1S/C51H48Si3/c1-52(2,3)28-25-37-34-49(46-22-16-10-13-19-43(37)46)40-31-41(50-35-38(26-29-53(4,5)6)44-20-14-11-17-23-47(44)50)33-42(32-40)51-36-39(27-30-54(7,8)9)45-21-15-12-18-24-48(45)51/h10-24,31-36H,1-9H3. The molecule has 0 saturated heterocycles. The van der Waals surface area contributed by atoms with Crippen molar-refractivity contribution in [2.45, 2.75) is 58.9 Å². The lowest BCUT2D eigenvalue weighted by Crippen LogP contribution is -2.16. The van der Waals surface area contributed by atoms with Gasteiger partial charge in [0.1, 0.15) is 24.2 Å². The molecule has 0 heterocycles. The number of fused-ring (bicyclic) bond motifs is 3. The first kappa shape index (κ1) is 37.0. The Kier molecular flexibility index (Phi) is 9.91. The maximum Gasteiger partial charge on any atom is 0.129 e. The van der Waals surface area contributed by atoms with Gasteiger partial charge in [0, 0.05) is 16.7 Å². The van der Waals surface area contributed by atoms with E-state index in [1.54, 1.807) is 0 Å². The molecule has 0 radical (unpaired) electrons. The highest BCUT2D eigenvalue weighted by Gasteiger charge is 2.23. The number of hydrogen-bond acceptors (Lipinski definition) is 0. The smallest absolute Gasteiger partial charge is 0.127 e. The van der Waals surface area contributed by atoms with Gasteiger partial charge in [-0.05, 0) is 103 Å². The monoisotopic (exact) mass is 744 g/mol. The van der Waals surface area contributed by atoms with Crippen molar-refractivity contribution >= 4 is 24.2 Å². The molecule has 0 saturated carbocycles. The topological polar surface area (TPSA) is 0 Å². The summed E-state index contributed by atoms with van der Waals surface area (Å²) >= 11 is 0.